The molecule has 10 heteroatoms. The summed E-state index contributed by atoms with van der Waals surface area (Å²) in [6, 6.07) is 10.5. The second-order valence-electron chi connectivity index (χ2n) is 7.76. The minimum atomic E-state index is -3.71. The predicted molar refractivity (Wildman–Crippen MR) is 121 cm³/mol. The zero-order valence-corrected chi connectivity index (χ0v) is 19.5. The van der Waals surface area contributed by atoms with Gasteiger partial charge in [0.2, 0.25) is 10.0 Å². The van der Waals surface area contributed by atoms with E-state index in [9.17, 15) is 21.6 Å². The number of hydrogen-bond donors (Lipinski definition) is 1. The Labute approximate surface area is 183 Å². The molecule has 8 nitrogen and oxygen atoms in total. The van der Waals surface area contributed by atoms with Crippen molar-refractivity contribution < 1.29 is 21.6 Å². The quantitative estimate of drug-likeness (QED) is 0.703. The lowest BCUT2D eigenvalue weighted by molar-refractivity contribution is 0.102. The Morgan fingerprint density at radius 2 is 1.48 bits per heavy atom. The molecule has 1 heterocycles. The van der Waals surface area contributed by atoms with E-state index in [2.05, 4.69) is 10.2 Å². The van der Waals surface area contributed by atoms with E-state index in [4.69, 9.17) is 0 Å². The molecule has 1 N–H and O–H groups in total. The van der Waals surface area contributed by atoms with Gasteiger partial charge in [-0.2, -0.15) is 0 Å². The Hall–Kier alpha value is -2.43. The maximum atomic E-state index is 13.1. The number of sulfone groups is 1. The van der Waals surface area contributed by atoms with Gasteiger partial charge in [0.25, 0.3) is 5.91 Å². The molecule has 31 heavy (non-hydrogen) atoms. The van der Waals surface area contributed by atoms with Crippen molar-refractivity contribution in [2.24, 2.45) is 0 Å². The number of nitrogens with zero attached hydrogens (tertiary/aromatic N) is 2. The monoisotopic (exact) mass is 465 g/mol. The fraction of sp³-hybridized carbons (Fsp3) is 0.381. The van der Waals surface area contributed by atoms with Crippen LogP contribution in [0.3, 0.4) is 0 Å². The smallest absolute Gasteiger partial charge is 0.257 e. The highest BCUT2D eigenvalue weighted by Crippen LogP contribution is 2.28. The van der Waals surface area contributed by atoms with Crippen molar-refractivity contribution in [2.45, 2.75) is 29.1 Å². The van der Waals surface area contributed by atoms with Crippen LogP contribution in [-0.2, 0) is 19.9 Å². The molecule has 0 radical (unpaired) electrons. The molecule has 0 unspecified atom stereocenters. The predicted octanol–water partition coefficient (Wildman–Crippen LogP) is 2.58. The SMILES string of the molecule is CN(C)S(=O)(=O)c1ccc(N2CCCCC2)c(C(=O)Nc2ccc(S(C)(=O)=O)cc2)c1. The van der Waals surface area contributed by atoms with Crippen molar-refractivity contribution in [2.75, 3.05) is 43.7 Å². The van der Waals surface area contributed by atoms with Crippen LogP contribution in [0.25, 0.3) is 0 Å². The van der Waals surface area contributed by atoms with Gasteiger partial charge in [-0.3, -0.25) is 4.79 Å². The molecule has 0 bridgehead atoms. The average Bonchev–Trinajstić information content (AvgIpc) is 2.73. The highest BCUT2D eigenvalue weighted by atomic mass is 32.2. The van der Waals surface area contributed by atoms with Gasteiger partial charge >= 0.3 is 0 Å². The Balaban J connectivity index is 1.98. The number of nitrogens with one attached hydrogen (secondary N) is 1. The number of amides is 1. The summed E-state index contributed by atoms with van der Waals surface area (Å²) in [7, 11) is -4.17. The van der Waals surface area contributed by atoms with Crippen molar-refractivity contribution in [3.63, 3.8) is 0 Å². The standard InChI is InChI=1S/C21H27N3O5S2/c1-23(2)31(28,29)18-11-12-20(24-13-5-4-6-14-24)19(15-18)21(25)22-16-7-9-17(10-8-16)30(3,26)27/h7-12,15H,4-6,13-14H2,1-3H3,(H,22,25). The summed E-state index contributed by atoms with van der Waals surface area (Å²) in [6.45, 7) is 1.59. The van der Waals surface area contributed by atoms with E-state index in [0.29, 0.717) is 11.4 Å². The Bertz CT molecular complexity index is 1170. The molecular weight excluding hydrogens is 438 g/mol. The maximum absolute atomic E-state index is 13.1. The summed E-state index contributed by atoms with van der Waals surface area (Å²) < 4.78 is 49.6. The minimum Gasteiger partial charge on any atom is -0.371 e. The molecule has 1 aliphatic heterocycles. The highest BCUT2D eigenvalue weighted by Gasteiger charge is 2.24. The highest BCUT2D eigenvalue weighted by molar-refractivity contribution is 7.90. The summed E-state index contributed by atoms with van der Waals surface area (Å²) in [6.07, 6.45) is 4.25. The number of carbonyl (C=O) groups excluding carboxylic acids is 1. The van der Waals surface area contributed by atoms with Crippen LogP contribution in [0, 0.1) is 0 Å². The van der Waals surface area contributed by atoms with Gasteiger partial charge in [0, 0.05) is 44.8 Å². The molecule has 0 spiro atoms. The first-order valence-electron chi connectivity index (χ1n) is 9.93. The summed E-state index contributed by atoms with van der Waals surface area (Å²) >= 11 is 0. The molecule has 3 rings (SSSR count). The lowest BCUT2D eigenvalue weighted by Gasteiger charge is -2.30. The maximum Gasteiger partial charge on any atom is 0.257 e. The summed E-state index contributed by atoms with van der Waals surface area (Å²) in [5.74, 6) is -0.455. The first-order valence-corrected chi connectivity index (χ1v) is 13.3. The van der Waals surface area contributed by atoms with Gasteiger partial charge in [-0.25, -0.2) is 21.1 Å². The van der Waals surface area contributed by atoms with E-state index in [-0.39, 0.29) is 15.4 Å². The molecule has 1 amide bonds. The topological polar surface area (TPSA) is 104 Å². The fourth-order valence-corrected chi connectivity index (χ4v) is 5.02. The number of anilines is 2. The first kappa shape index (κ1) is 23.2. The molecule has 2 aromatic rings. The molecular formula is C21H27N3O5S2. The summed E-state index contributed by atoms with van der Waals surface area (Å²) in [5, 5.41) is 2.76. The second-order valence-corrected chi connectivity index (χ2v) is 11.9. The van der Waals surface area contributed by atoms with Crippen molar-refractivity contribution in [3.8, 4) is 0 Å². The van der Waals surface area contributed by atoms with E-state index in [0.717, 1.165) is 42.9 Å². The van der Waals surface area contributed by atoms with Crippen LogP contribution in [0.5, 0.6) is 0 Å². The average molecular weight is 466 g/mol. The van der Waals surface area contributed by atoms with Crippen LogP contribution in [-0.4, -0.2) is 60.5 Å². The van der Waals surface area contributed by atoms with E-state index >= 15 is 0 Å². The molecule has 0 atom stereocenters. The largest absolute Gasteiger partial charge is 0.371 e. The Morgan fingerprint density at radius 3 is 2.03 bits per heavy atom. The van der Waals surface area contributed by atoms with E-state index < -0.39 is 25.8 Å². The van der Waals surface area contributed by atoms with Crippen molar-refractivity contribution >= 4 is 37.1 Å². The molecule has 0 aliphatic carbocycles. The molecule has 1 saturated heterocycles. The Kier molecular flexibility index (Phi) is 6.73. The zero-order chi connectivity index (χ0) is 22.8. The molecule has 0 aromatic heterocycles. The van der Waals surface area contributed by atoms with Gasteiger partial charge < -0.3 is 10.2 Å². The van der Waals surface area contributed by atoms with Crippen molar-refractivity contribution in [3.05, 3.63) is 48.0 Å². The Morgan fingerprint density at radius 1 is 0.903 bits per heavy atom. The number of rotatable bonds is 6. The molecule has 168 valence electrons. The number of sulfonamides is 1. The van der Waals surface area contributed by atoms with Crippen LogP contribution >= 0.6 is 0 Å². The number of benzene rings is 2. The van der Waals surface area contributed by atoms with E-state index in [1.807, 2.05) is 0 Å². The zero-order valence-electron chi connectivity index (χ0n) is 17.8. The molecule has 1 aliphatic rings. The minimum absolute atomic E-state index is 0.0378. The third-order valence-electron chi connectivity index (χ3n) is 5.23. The van der Waals surface area contributed by atoms with Crippen LogP contribution < -0.4 is 10.2 Å². The number of carbonyl (C=O) groups is 1. The van der Waals surface area contributed by atoms with Crippen molar-refractivity contribution in [1.82, 2.24) is 4.31 Å². The van der Waals surface area contributed by atoms with Gasteiger partial charge in [-0.1, -0.05) is 0 Å². The summed E-state index contributed by atoms with van der Waals surface area (Å²) in [4.78, 5) is 15.4. The molecule has 2 aromatic carbocycles. The van der Waals surface area contributed by atoms with Gasteiger partial charge in [-0.05, 0) is 61.7 Å². The number of hydrogen-bond acceptors (Lipinski definition) is 6. The third kappa shape index (κ3) is 5.25. The second kappa shape index (κ2) is 8.97. The molecule has 1 fully saturated rings. The van der Waals surface area contributed by atoms with Gasteiger partial charge in [-0.15, -0.1) is 0 Å². The van der Waals surface area contributed by atoms with Crippen molar-refractivity contribution in [1.29, 1.82) is 0 Å². The first-order chi connectivity index (χ1) is 14.5. The van der Waals surface area contributed by atoms with E-state index in [1.54, 1.807) is 6.07 Å². The lowest BCUT2D eigenvalue weighted by Crippen LogP contribution is -2.32. The van der Waals surface area contributed by atoms with Gasteiger partial charge in [0.1, 0.15) is 0 Å². The summed E-state index contributed by atoms with van der Waals surface area (Å²) in [5.41, 5.74) is 1.36. The van der Waals surface area contributed by atoms with Crippen LogP contribution in [0.2, 0.25) is 0 Å². The normalized spacial score (nSPS) is 15.2. The van der Waals surface area contributed by atoms with Gasteiger partial charge in [0.05, 0.1) is 15.4 Å². The van der Waals surface area contributed by atoms with Gasteiger partial charge in [0.15, 0.2) is 9.84 Å². The fourth-order valence-electron chi connectivity index (χ4n) is 3.46. The molecule has 0 saturated carbocycles. The van der Waals surface area contributed by atoms with Crippen LogP contribution in [0.1, 0.15) is 29.6 Å². The third-order valence-corrected chi connectivity index (χ3v) is 8.17. The van der Waals surface area contributed by atoms with E-state index in [1.165, 1.54) is 50.5 Å². The lowest BCUT2D eigenvalue weighted by atomic mass is 10.1. The van der Waals surface area contributed by atoms with Crippen LogP contribution in [0.15, 0.2) is 52.3 Å². The number of piperidine rings is 1. The van der Waals surface area contributed by atoms with Crippen LogP contribution in [0.4, 0.5) is 11.4 Å².